The van der Waals surface area contributed by atoms with Crippen molar-refractivity contribution in [1.82, 2.24) is 15.7 Å². The standard InChI is InChI=1S/C15H16N4OS/c1-20-14-7-5-12(6-8-14)10-17-15(21)19-18-11-13-4-2-3-9-16-13/h2-9,11H,10H2,1H3,(H2,17,19,21)/b18-11-. The van der Waals surface area contributed by atoms with Crippen LogP contribution in [0.3, 0.4) is 0 Å². The molecule has 0 saturated carbocycles. The van der Waals surface area contributed by atoms with E-state index in [0.717, 1.165) is 17.0 Å². The summed E-state index contributed by atoms with van der Waals surface area (Å²) in [5, 5.41) is 7.54. The first-order chi connectivity index (χ1) is 10.3. The molecular weight excluding hydrogens is 284 g/mol. The van der Waals surface area contributed by atoms with Crippen molar-refractivity contribution in [3.8, 4) is 5.75 Å². The fourth-order valence-electron chi connectivity index (χ4n) is 1.57. The monoisotopic (exact) mass is 300 g/mol. The summed E-state index contributed by atoms with van der Waals surface area (Å²) < 4.78 is 5.11. The number of rotatable bonds is 5. The number of aromatic nitrogens is 1. The van der Waals surface area contributed by atoms with Gasteiger partial charge in [-0.3, -0.25) is 10.4 Å². The van der Waals surface area contributed by atoms with E-state index in [4.69, 9.17) is 17.0 Å². The number of thiocarbonyl (C=S) groups is 1. The molecule has 5 nitrogen and oxygen atoms in total. The van der Waals surface area contributed by atoms with Gasteiger partial charge in [-0.05, 0) is 42.0 Å². The van der Waals surface area contributed by atoms with Crippen LogP contribution in [0.1, 0.15) is 11.3 Å². The minimum atomic E-state index is 0.456. The minimum Gasteiger partial charge on any atom is -0.497 e. The van der Waals surface area contributed by atoms with Crippen molar-refractivity contribution < 1.29 is 4.74 Å². The van der Waals surface area contributed by atoms with Crippen LogP contribution in [0.2, 0.25) is 0 Å². The summed E-state index contributed by atoms with van der Waals surface area (Å²) in [7, 11) is 1.64. The maximum absolute atomic E-state index is 5.14. The van der Waals surface area contributed by atoms with Gasteiger partial charge in [0.15, 0.2) is 5.11 Å². The molecule has 2 aromatic rings. The lowest BCUT2D eigenvalue weighted by molar-refractivity contribution is 0.414. The van der Waals surface area contributed by atoms with Gasteiger partial charge in [0.25, 0.3) is 0 Å². The van der Waals surface area contributed by atoms with E-state index in [9.17, 15) is 0 Å². The second kappa shape index (κ2) is 7.96. The smallest absolute Gasteiger partial charge is 0.187 e. The summed E-state index contributed by atoms with van der Waals surface area (Å²) in [5.74, 6) is 0.833. The second-order valence-electron chi connectivity index (χ2n) is 4.16. The molecule has 0 aliphatic carbocycles. The topological polar surface area (TPSA) is 58.5 Å². The molecule has 0 saturated heterocycles. The first-order valence-electron chi connectivity index (χ1n) is 6.39. The van der Waals surface area contributed by atoms with Crippen LogP contribution < -0.4 is 15.5 Å². The Morgan fingerprint density at radius 3 is 2.76 bits per heavy atom. The van der Waals surface area contributed by atoms with Crippen LogP contribution in [0, 0.1) is 0 Å². The van der Waals surface area contributed by atoms with Gasteiger partial charge in [-0.1, -0.05) is 18.2 Å². The van der Waals surface area contributed by atoms with E-state index >= 15 is 0 Å². The van der Waals surface area contributed by atoms with Gasteiger partial charge in [-0.15, -0.1) is 0 Å². The predicted octanol–water partition coefficient (Wildman–Crippen LogP) is 2.09. The summed E-state index contributed by atoms with van der Waals surface area (Å²) in [6.07, 6.45) is 3.32. The van der Waals surface area contributed by atoms with Crippen molar-refractivity contribution in [2.45, 2.75) is 6.54 Å². The van der Waals surface area contributed by atoms with E-state index in [2.05, 4.69) is 20.8 Å². The molecule has 108 valence electrons. The molecule has 0 radical (unpaired) electrons. The van der Waals surface area contributed by atoms with E-state index in [1.807, 2.05) is 42.5 Å². The molecule has 0 aliphatic rings. The highest BCUT2D eigenvalue weighted by molar-refractivity contribution is 7.80. The first kappa shape index (κ1) is 14.9. The third-order valence-electron chi connectivity index (χ3n) is 2.66. The van der Waals surface area contributed by atoms with Gasteiger partial charge in [0.2, 0.25) is 0 Å². The number of hydrazone groups is 1. The Hall–Kier alpha value is -2.47. The fourth-order valence-corrected chi connectivity index (χ4v) is 1.70. The zero-order valence-electron chi connectivity index (χ0n) is 11.6. The summed E-state index contributed by atoms with van der Waals surface area (Å²) in [6.45, 7) is 0.620. The average Bonchev–Trinajstić information content (AvgIpc) is 2.54. The van der Waals surface area contributed by atoms with Crippen LogP contribution in [0.5, 0.6) is 5.75 Å². The third-order valence-corrected chi connectivity index (χ3v) is 2.90. The van der Waals surface area contributed by atoms with Gasteiger partial charge in [-0.2, -0.15) is 5.10 Å². The number of nitrogens with zero attached hydrogens (tertiary/aromatic N) is 2. The van der Waals surface area contributed by atoms with E-state index < -0.39 is 0 Å². The largest absolute Gasteiger partial charge is 0.497 e. The quantitative estimate of drug-likeness (QED) is 0.503. The molecular formula is C15H16N4OS. The summed E-state index contributed by atoms with van der Waals surface area (Å²) in [5.41, 5.74) is 4.62. The van der Waals surface area contributed by atoms with Gasteiger partial charge in [0.1, 0.15) is 5.75 Å². The Bertz CT molecular complexity index is 599. The summed E-state index contributed by atoms with van der Waals surface area (Å²) in [6, 6.07) is 13.4. The Kier molecular flexibility index (Phi) is 5.66. The Labute approximate surface area is 129 Å². The second-order valence-corrected chi connectivity index (χ2v) is 4.56. The van der Waals surface area contributed by atoms with Gasteiger partial charge in [0, 0.05) is 12.7 Å². The van der Waals surface area contributed by atoms with Crippen molar-refractivity contribution in [3.63, 3.8) is 0 Å². The van der Waals surface area contributed by atoms with Crippen LogP contribution in [0.4, 0.5) is 0 Å². The molecule has 2 N–H and O–H groups in total. The maximum atomic E-state index is 5.14. The van der Waals surface area contributed by atoms with Crippen LogP contribution in [-0.2, 0) is 6.54 Å². The normalized spacial score (nSPS) is 10.3. The Morgan fingerprint density at radius 2 is 2.10 bits per heavy atom. The lowest BCUT2D eigenvalue weighted by atomic mass is 10.2. The molecule has 6 heteroatoms. The van der Waals surface area contributed by atoms with E-state index in [1.54, 1.807) is 19.5 Å². The van der Waals surface area contributed by atoms with Gasteiger partial charge >= 0.3 is 0 Å². The highest BCUT2D eigenvalue weighted by Crippen LogP contribution is 2.10. The first-order valence-corrected chi connectivity index (χ1v) is 6.79. The summed E-state index contributed by atoms with van der Waals surface area (Å²) in [4.78, 5) is 4.12. The van der Waals surface area contributed by atoms with Gasteiger partial charge in [-0.25, -0.2) is 0 Å². The Balaban J connectivity index is 1.75. The van der Waals surface area contributed by atoms with Crippen molar-refractivity contribution in [2.24, 2.45) is 5.10 Å². The lowest BCUT2D eigenvalue weighted by Gasteiger charge is -2.07. The minimum absolute atomic E-state index is 0.456. The zero-order valence-corrected chi connectivity index (χ0v) is 12.4. The predicted molar refractivity (Wildman–Crippen MR) is 87.4 cm³/mol. The molecule has 1 aromatic heterocycles. The number of methoxy groups -OCH3 is 1. The molecule has 1 aromatic carbocycles. The summed E-state index contributed by atoms with van der Waals surface area (Å²) >= 11 is 5.14. The molecule has 21 heavy (non-hydrogen) atoms. The van der Waals surface area contributed by atoms with Crippen LogP contribution >= 0.6 is 12.2 Å². The van der Waals surface area contributed by atoms with E-state index in [-0.39, 0.29) is 0 Å². The number of hydrogen-bond acceptors (Lipinski definition) is 4. The molecule has 0 fully saturated rings. The third kappa shape index (κ3) is 5.19. The highest BCUT2D eigenvalue weighted by Gasteiger charge is 1.96. The number of benzene rings is 1. The molecule has 0 bridgehead atoms. The van der Waals surface area contributed by atoms with Crippen LogP contribution in [-0.4, -0.2) is 23.4 Å². The SMILES string of the molecule is COc1ccc(CNC(=S)N/N=C\c2ccccn2)cc1. The van der Waals surface area contributed by atoms with E-state index in [1.165, 1.54) is 0 Å². The lowest BCUT2D eigenvalue weighted by Crippen LogP contribution is -2.31. The van der Waals surface area contributed by atoms with Crippen molar-refractivity contribution in [1.29, 1.82) is 0 Å². The Morgan fingerprint density at radius 1 is 1.29 bits per heavy atom. The number of ether oxygens (including phenoxy) is 1. The molecule has 0 unspecified atom stereocenters. The van der Waals surface area contributed by atoms with Crippen molar-refractivity contribution in [3.05, 3.63) is 59.9 Å². The molecule has 0 aliphatic heterocycles. The van der Waals surface area contributed by atoms with Crippen LogP contribution in [0.15, 0.2) is 53.8 Å². The molecule has 2 rings (SSSR count). The molecule has 0 atom stereocenters. The number of nitrogens with one attached hydrogen (secondary N) is 2. The maximum Gasteiger partial charge on any atom is 0.187 e. The van der Waals surface area contributed by atoms with Gasteiger partial charge < -0.3 is 10.1 Å². The fraction of sp³-hybridized carbons (Fsp3) is 0.133. The molecule has 1 heterocycles. The zero-order chi connectivity index (χ0) is 14.9. The average molecular weight is 300 g/mol. The molecule has 0 amide bonds. The molecule has 0 spiro atoms. The van der Waals surface area contributed by atoms with Crippen molar-refractivity contribution >= 4 is 23.5 Å². The van der Waals surface area contributed by atoms with Gasteiger partial charge in [0.05, 0.1) is 19.0 Å². The van der Waals surface area contributed by atoms with Crippen molar-refractivity contribution in [2.75, 3.05) is 7.11 Å². The van der Waals surface area contributed by atoms with E-state index in [0.29, 0.717) is 11.7 Å². The van der Waals surface area contributed by atoms with Crippen LogP contribution in [0.25, 0.3) is 0 Å². The number of pyridine rings is 1. The number of hydrogen-bond donors (Lipinski definition) is 2. The highest BCUT2D eigenvalue weighted by atomic mass is 32.1.